The van der Waals surface area contributed by atoms with Crippen LogP contribution in [0.4, 0.5) is 19.0 Å². The van der Waals surface area contributed by atoms with Crippen LogP contribution in [-0.4, -0.2) is 71.1 Å². The van der Waals surface area contributed by atoms with Crippen LogP contribution in [0.2, 0.25) is 0 Å². The van der Waals surface area contributed by atoms with Gasteiger partial charge >= 0.3 is 0 Å². The van der Waals surface area contributed by atoms with Crippen molar-refractivity contribution < 1.29 is 22.7 Å². The number of nitrogens with one attached hydrogen (secondary N) is 1. The number of rotatable bonds is 6. The summed E-state index contributed by atoms with van der Waals surface area (Å²) in [7, 11) is 0. The third kappa shape index (κ3) is 4.35. The number of hydrogen-bond acceptors (Lipinski definition) is 7. The van der Waals surface area contributed by atoms with Crippen LogP contribution >= 0.6 is 11.3 Å². The molecular weight excluding hydrogens is 467 g/mol. The molecule has 1 atom stereocenters. The molecule has 2 aromatic heterocycles. The van der Waals surface area contributed by atoms with E-state index in [1.54, 1.807) is 13.0 Å². The first-order valence-electron chi connectivity index (χ1n) is 11.1. The third-order valence-electron chi connectivity index (χ3n) is 6.39. The second-order valence-electron chi connectivity index (χ2n) is 8.49. The molecule has 0 saturated carbocycles. The molecule has 0 spiro atoms. The van der Waals surface area contributed by atoms with Crippen LogP contribution in [0.3, 0.4) is 0 Å². The SMILES string of the molecule is C[C@@H](Nc1ncnc2sc(C(=O)N3CCN(C4COC4)CC3)cc12)c1cccc(C(F)F)c1F. The number of carbonyl (C=O) groups is 1. The number of amides is 1. The van der Waals surface area contributed by atoms with Gasteiger partial charge in [0, 0.05) is 31.7 Å². The Labute approximate surface area is 198 Å². The minimum Gasteiger partial charge on any atom is -0.378 e. The summed E-state index contributed by atoms with van der Waals surface area (Å²) in [6, 6.07) is 5.53. The van der Waals surface area contributed by atoms with E-state index in [2.05, 4.69) is 20.2 Å². The van der Waals surface area contributed by atoms with E-state index >= 15 is 0 Å². The van der Waals surface area contributed by atoms with E-state index in [-0.39, 0.29) is 11.5 Å². The summed E-state index contributed by atoms with van der Waals surface area (Å²) in [6.45, 7) is 6.12. The van der Waals surface area contributed by atoms with Crippen LogP contribution in [0.25, 0.3) is 10.2 Å². The van der Waals surface area contributed by atoms with Crippen molar-refractivity contribution >= 4 is 33.3 Å². The minimum absolute atomic E-state index is 0.0535. The Kier molecular flexibility index (Phi) is 6.41. The number of halogens is 3. The quantitative estimate of drug-likeness (QED) is 0.560. The second kappa shape index (κ2) is 9.47. The van der Waals surface area contributed by atoms with Crippen molar-refractivity contribution in [3.8, 4) is 0 Å². The Balaban J connectivity index is 1.33. The fourth-order valence-electron chi connectivity index (χ4n) is 4.31. The average molecular weight is 492 g/mol. The molecule has 0 aliphatic carbocycles. The first-order valence-corrected chi connectivity index (χ1v) is 11.9. The molecule has 0 bridgehead atoms. The number of piperazine rings is 1. The zero-order valence-corrected chi connectivity index (χ0v) is 19.3. The van der Waals surface area contributed by atoms with Gasteiger partial charge in [0.1, 0.15) is 22.8 Å². The topological polar surface area (TPSA) is 70.6 Å². The lowest BCUT2D eigenvalue weighted by molar-refractivity contribution is -0.0745. The Bertz CT molecular complexity index is 1190. The monoisotopic (exact) mass is 491 g/mol. The molecule has 4 heterocycles. The summed E-state index contributed by atoms with van der Waals surface area (Å²) >= 11 is 1.28. The van der Waals surface area contributed by atoms with Gasteiger partial charge in [0.05, 0.1) is 41.1 Å². The smallest absolute Gasteiger partial charge is 0.266 e. The molecule has 0 radical (unpaired) electrons. The zero-order chi connectivity index (χ0) is 23.8. The van der Waals surface area contributed by atoms with Crippen molar-refractivity contribution in [3.63, 3.8) is 0 Å². The second-order valence-corrected chi connectivity index (χ2v) is 9.52. The standard InChI is InChI=1S/C23H24F3N5O2S/c1-13(15-3-2-4-16(19(15)24)20(25)26)29-21-17-9-18(34-22(17)28-12-27-21)23(32)31-7-5-30(6-8-31)14-10-33-11-14/h2-4,9,12-14,20H,5-8,10-11H2,1H3,(H,27,28,29)/t13-/m1/s1. The van der Waals surface area contributed by atoms with Gasteiger partial charge in [-0.05, 0) is 13.0 Å². The molecule has 2 fully saturated rings. The maximum atomic E-state index is 14.6. The Hall–Kier alpha value is -2.76. The molecule has 2 saturated heterocycles. The summed E-state index contributed by atoms with van der Waals surface area (Å²) in [4.78, 5) is 27.1. The van der Waals surface area contributed by atoms with Crippen LogP contribution in [0, 0.1) is 5.82 Å². The van der Waals surface area contributed by atoms with E-state index in [9.17, 15) is 18.0 Å². The highest BCUT2D eigenvalue weighted by molar-refractivity contribution is 7.20. The molecule has 7 nitrogen and oxygen atoms in total. The molecular formula is C23H24F3N5O2S. The van der Waals surface area contributed by atoms with Crippen LogP contribution in [0.15, 0.2) is 30.6 Å². The molecule has 1 amide bonds. The lowest BCUT2D eigenvalue weighted by Crippen LogP contribution is -2.57. The first kappa shape index (κ1) is 23.0. The largest absolute Gasteiger partial charge is 0.378 e. The maximum Gasteiger partial charge on any atom is 0.266 e. The lowest BCUT2D eigenvalue weighted by atomic mass is 10.0. The van der Waals surface area contributed by atoms with Crippen molar-refractivity contribution in [2.24, 2.45) is 0 Å². The zero-order valence-electron chi connectivity index (χ0n) is 18.5. The number of alkyl halides is 2. The van der Waals surface area contributed by atoms with Crippen LogP contribution in [0.1, 0.15) is 40.2 Å². The first-order chi connectivity index (χ1) is 16.4. The average Bonchev–Trinajstić information content (AvgIpc) is 3.23. The molecule has 1 aromatic carbocycles. The van der Waals surface area contributed by atoms with Crippen molar-refractivity contribution in [2.45, 2.75) is 25.4 Å². The Morgan fingerprint density at radius 2 is 1.91 bits per heavy atom. The number of carbonyl (C=O) groups excluding carboxylic acids is 1. The van der Waals surface area contributed by atoms with Gasteiger partial charge in [-0.15, -0.1) is 11.3 Å². The number of hydrogen-bond donors (Lipinski definition) is 1. The predicted molar refractivity (Wildman–Crippen MR) is 123 cm³/mol. The summed E-state index contributed by atoms with van der Waals surface area (Å²) in [6.07, 6.45) is -1.53. The number of aromatic nitrogens is 2. The highest BCUT2D eigenvalue weighted by Crippen LogP contribution is 2.33. The Morgan fingerprint density at radius 1 is 1.18 bits per heavy atom. The van der Waals surface area contributed by atoms with E-state index in [1.165, 1.54) is 29.8 Å². The molecule has 2 aliphatic rings. The third-order valence-corrected chi connectivity index (χ3v) is 7.42. The molecule has 0 unspecified atom stereocenters. The normalized spacial score (nSPS) is 18.3. The van der Waals surface area contributed by atoms with Crippen molar-refractivity contribution in [3.05, 3.63) is 52.4 Å². The molecule has 180 valence electrons. The number of nitrogens with zero attached hydrogens (tertiary/aromatic N) is 4. The van der Waals surface area contributed by atoms with Gasteiger partial charge in [-0.1, -0.05) is 18.2 Å². The molecule has 3 aromatic rings. The van der Waals surface area contributed by atoms with Gasteiger partial charge in [-0.3, -0.25) is 9.69 Å². The van der Waals surface area contributed by atoms with E-state index < -0.39 is 23.8 Å². The van der Waals surface area contributed by atoms with Gasteiger partial charge in [0.25, 0.3) is 12.3 Å². The molecule has 5 rings (SSSR count). The van der Waals surface area contributed by atoms with E-state index in [4.69, 9.17) is 4.74 Å². The van der Waals surface area contributed by atoms with Crippen molar-refractivity contribution in [1.29, 1.82) is 0 Å². The van der Waals surface area contributed by atoms with Gasteiger partial charge < -0.3 is 15.0 Å². The highest BCUT2D eigenvalue weighted by Gasteiger charge is 2.31. The maximum absolute atomic E-state index is 14.6. The summed E-state index contributed by atoms with van der Waals surface area (Å²) in [5, 5.41) is 3.74. The fraction of sp³-hybridized carbons (Fsp3) is 0.435. The summed E-state index contributed by atoms with van der Waals surface area (Å²) < 4.78 is 46.1. The van der Waals surface area contributed by atoms with Gasteiger partial charge in [-0.25, -0.2) is 23.1 Å². The molecule has 1 N–H and O–H groups in total. The molecule has 11 heteroatoms. The predicted octanol–water partition coefficient (Wildman–Crippen LogP) is 4.10. The van der Waals surface area contributed by atoms with E-state index in [0.717, 1.165) is 32.4 Å². The molecule has 34 heavy (non-hydrogen) atoms. The number of fused-ring (bicyclic) bond motifs is 1. The van der Waals surface area contributed by atoms with E-state index in [1.807, 2.05) is 4.90 Å². The lowest BCUT2D eigenvalue weighted by Gasteiger charge is -2.42. The minimum atomic E-state index is -2.90. The van der Waals surface area contributed by atoms with Crippen molar-refractivity contribution in [1.82, 2.24) is 19.8 Å². The van der Waals surface area contributed by atoms with Crippen LogP contribution in [-0.2, 0) is 4.74 Å². The highest BCUT2D eigenvalue weighted by atomic mass is 32.1. The number of benzene rings is 1. The van der Waals surface area contributed by atoms with Gasteiger partial charge in [0.2, 0.25) is 0 Å². The van der Waals surface area contributed by atoms with E-state index in [0.29, 0.717) is 40.0 Å². The Morgan fingerprint density at radius 3 is 2.59 bits per heavy atom. The van der Waals surface area contributed by atoms with Gasteiger partial charge in [0.15, 0.2) is 0 Å². The van der Waals surface area contributed by atoms with Crippen LogP contribution in [0.5, 0.6) is 0 Å². The van der Waals surface area contributed by atoms with Crippen LogP contribution < -0.4 is 5.32 Å². The van der Waals surface area contributed by atoms with Crippen molar-refractivity contribution in [2.75, 3.05) is 44.7 Å². The van der Waals surface area contributed by atoms with Gasteiger partial charge in [-0.2, -0.15) is 0 Å². The summed E-state index contributed by atoms with van der Waals surface area (Å²) in [5.74, 6) is -0.566. The summed E-state index contributed by atoms with van der Waals surface area (Å²) in [5.41, 5.74) is -0.516. The number of thiophene rings is 1. The number of ether oxygens (including phenoxy) is 1. The number of anilines is 1. The molecule has 2 aliphatic heterocycles. The fourth-order valence-corrected chi connectivity index (χ4v) is 5.28.